The maximum Gasteiger partial charge on any atom is 0.126 e. The minimum Gasteiger partial charge on any atom is -0.381 e. The number of nitrogens with zero attached hydrogens (tertiary/aromatic N) is 1. The predicted molar refractivity (Wildman–Crippen MR) is 76.6 cm³/mol. The van der Waals surface area contributed by atoms with Crippen molar-refractivity contribution in [1.82, 2.24) is 4.98 Å². The number of aromatic nitrogens is 1. The van der Waals surface area contributed by atoms with Gasteiger partial charge in [0.05, 0.1) is 29.5 Å². The van der Waals surface area contributed by atoms with E-state index in [0.717, 1.165) is 37.2 Å². The van der Waals surface area contributed by atoms with Crippen LogP contribution in [-0.4, -0.2) is 31.3 Å². The lowest BCUT2D eigenvalue weighted by Gasteiger charge is -2.28. The highest BCUT2D eigenvalue weighted by molar-refractivity contribution is 6.31. The Hall–Kier alpha value is -0.840. The van der Waals surface area contributed by atoms with Gasteiger partial charge in [0, 0.05) is 14.2 Å². The molecule has 0 saturated heterocycles. The van der Waals surface area contributed by atoms with Crippen molar-refractivity contribution in [3.63, 3.8) is 0 Å². The Labute approximate surface area is 119 Å². The molecule has 1 aromatic heterocycles. The molecule has 0 bridgehead atoms. The minimum absolute atomic E-state index is 0.245. The van der Waals surface area contributed by atoms with Gasteiger partial charge in [0.2, 0.25) is 0 Å². The summed E-state index contributed by atoms with van der Waals surface area (Å²) in [5.41, 5.74) is 0.785. The lowest BCUT2D eigenvalue weighted by atomic mass is 9.95. The van der Waals surface area contributed by atoms with E-state index in [9.17, 15) is 0 Å². The van der Waals surface area contributed by atoms with E-state index in [1.54, 1.807) is 7.11 Å². The maximum atomic E-state index is 6.13. The summed E-state index contributed by atoms with van der Waals surface area (Å²) < 4.78 is 11.3. The van der Waals surface area contributed by atoms with Gasteiger partial charge >= 0.3 is 0 Å². The molecule has 1 fully saturated rings. The fraction of sp³-hybridized carbons (Fsp3) is 0.643. The van der Waals surface area contributed by atoms with E-state index in [1.807, 2.05) is 19.2 Å². The van der Waals surface area contributed by atoms with Crippen molar-refractivity contribution < 1.29 is 9.47 Å². The van der Waals surface area contributed by atoms with Crippen LogP contribution in [0.25, 0.3) is 0 Å². The number of rotatable bonds is 5. The summed E-state index contributed by atoms with van der Waals surface area (Å²) in [4.78, 5) is 4.42. The molecule has 0 radical (unpaired) electrons. The Morgan fingerprint density at radius 1 is 1.37 bits per heavy atom. The van der Waals surface area contributed by atoms with Crippen LogP contribution in [0.1, 0.15) is 31.4 Å². The monoisotopic (exact) mass is 284 g/mol. The molecule has 5 heteroatoms. The van der Waals surface area contributed by atoms with Crippen molar-refractivity contribution in [1.29, 1.82) is 0 Å². The Balaban J connectivity index is 1.91. The topological polar surface area (TPSA) is 43.4 Å². The Morgan fingerprint density at radius 3 is 2.89 bits per heavy atom. The highest BCUT2D eigenvalue weighted by atomic mass is 35.5. The van der Waals surface area contributed by atoms with Crippen molar-refractivity contribution >= 4 is 17.4 Å². The third kappa shape index (κ3) is 4.06. The lowest BCUT2D eigenvalue weighted by Crippen LogP contribution is -2.27. The van der Waals surface area contributed by atoms with E-state index >= 15 is 0 Å². The summed E-state index contributed by atoms with van der Waals surface area (Å²) in [7, 11) is 3.60. The van der Waals surface area contributed by atoms with E-state index in [4.69, 9.17) is 21.1 Å². The highest BCUT2D eigenvalue weighted by Crippen LogP contribution is 2.25. The van der Waals surface area contributed by atoms with Crippen LogP contribution in [0.15, 0.2) is 12.1 Å². The SMILES string of the molecule is CNc1ccc(Cl)c(COC2CCCC(OC)C2)n1. The van der Waals surface area contributed by atoms with Gasteiger partial charge in [0.1, 0.15) is 5.82 Å². The smallest absolute Gasteiger partial charge is 0.126 e. The third-order valence-corrected chi connectivity index (χ3v) is 3.89. The fourth-order valence-corrected chi connectivity index (χ4v) is 2.55. The van der Waals surface area contributed by atoms with Crippen molar-refractivity contribution in [2.75, 3.05) is 19.5 Å². The maximum absolute atomic E-state index is 6.13. The highest BCUT2D eigenvalue weighted by Gasteiger charge is 2.22. The molecule has 1 aliphatic carbocycles. The molecule has 0 amide bonds. The number of nitrogens with one attached hydrogen (secondary N) is 1. The van der Waals surface area contributed by atoms with E-state index in [2.05, 4.69) is 10.3 Å². The van der Waals surface area contributed by atoms with Crippen LogP contribution >= 0.6 is 11.6 Å². The van der Waals surface area contributed by atoms with Gasteiger partial charge in [0.25, 0.3) is 0 Å². The quantitative estimate of drug-likeness (QED) is 0.901. The zero-order chi connectivity index (χ0) is 13.7. The summed E-state index contributed by atoms with van der Waals surface area (Å²) in [6, 6.07) is 3.70. The van der Waals surface area contributed by atoms with Crippen LogP contribution in [-0.2, 0) is 16.1 Å². The molecular weight excluding hydrogens is 264 g/mol. The van der Waals surface area contributed by atoms with Crippen molar-refractivity contribution in [2.24, 2.45) is 0 Å². The van der Waals surface area contributed by atoms with Gasteiger partial charge in [-0.1, -0.05) is 11.6 Å². The average molecular weight is 285 g/mol. The van der Waals surface area contributed by atoms with E-state index in [-0.39, 0.29) is 6.10 Å². The summed E-state index contributed by atoms with van der Waals surface area (Å²) >= 11 is 6.13. The molecule has 1 N–H and O–H groups in total. The molecule has 0 spiro atoms. The number of methoxy groups -OCH3 is 1. The molecule has 2 atom stereocenters. The molecule has 1 saturated carbocycles. The lowest BCUT2D eigenvalue weighted by molar-refractivity contribution is -0.0371. The van der Waals surface area contributed by atoms with Crippen LogP contribution in [0.4, 0.5) is 5.82 Å². The van der Waals surface area contributed by atoms with Crippen LogP contribution < -0.4 is 5.32 Å². The number of hydrogen-bond acceptors (Lipinski definition) is 4. The van der Waals surface area contributed by atoms with E-state index in [1.165, 1.54) is 0 Å². The zero-order valence-electron chi connectivity index (χ0n) is 11.5. The average Bonchev–Trinajstić information content (AvgIpc) is 2.46. The Bertz CT molecular complexity index is 414. The molecular formula is C14H21ClN2O2. The molecule has 1 aromatic rings. The molecule has 0 aliphatic heterocycles. The van der Waals surface area contributed by atoms with Crippen LogP contribution in [0.5, 0.6) is 0 Å². The molecule has 1 aliphatic rings. The van der Waals surface area contributed by atoms with Gasteiger partial charge in [-0.05, 0) is 37.8 Å². The summed E-state index contributed by atoms with van der Waals surface area (Å²) in [5.74, 6) is 0.807. The molecule has 1 heterocycles. The van der Waals surface area contributed by atoms with Crippen LogP contribution in [0.3, 0.4) is 0 Å². The van der Waals surface area contributed by atoms with Crippen molar-refractivity contribution in [3.05, 3.63) is 22.8 Å². The molecule has 0 aromatic carbocycles. The van der Waals surface area contributed by atoms with Gasteiger partial charge in [0.15, 0.2) is 0 Å². The molecule has 2 unspecified atom stereocenters. The van der Waals surface area contributed by atoms with Gasteiger partial charge < -0.3 is 14.8 Å². The Kier molecular flexibility index (Phi) is 5.43. The standard InChI is InChI=1S/C14H21ClN2O2/c1-16-14-7-6-12(15)13(17-14)9-19-11-5-3-4-10(8-11)18-2/h6-7,10-11H,3-5,8-9H2,1-2H3,(H,16,17). The fourth-order valence-electron chi connectivity index (χ4n) is 2.39. The zero-order valence-corrected chi connectivity index (χ0v) is 12.2. The summed E-state index contributed by atoms with van der Waals surface area (Å²) in [6.07, 6.45) is 4.90. The van der Waals surface area contributed by atoms with Gasteiger partial charge in [-0.25, -0.2) is 4.98 Å². The minimum atomic E-state index is 0.245. The normalized spacial score (nSPS) is 23.3. The van der Waals surface area contributed by atoms with E-state index < -0.39 is 0 Å². The second-order valence-corrected chi connectivity index (χ2v) is 5.24. The van der Waals surface area contributed by atoms with Crippen LogP contribution in [0.2, 0.25) is 5.02 Å². The molecule has 19 heavy (non-hydrogen) atoms. The molecule has 106 valence electrons. The first-order valence-corrected chi connectivity index (χ1v) is 7.08. The van der Waals surface area contributed by atoms with Crippen molar-refractivity contribution in [3.8, 4) is 0 Å². The first kappa shape index (κ1) is 14.6. The van der Waals surface area contributed by atoms with Crippen LogP contribution in [0, 0.1) is 0 Å². The predicted octanol–water partition coefficient (Wildman–Crippen LogP) is 3.25. The number of halogens is 1. The first-order valence-electron chi connectivity index (χ1n) is 6.70. The number of ether oxygens (including phenoxy) is 2. The number of pyridine rings is 1. The second kappa shape index (κ2) is 7.08. The molecule has 4 nitrogen and oxygen atoms in total. The van der Waals surface area contributed by atoms with E-state index in [0.29, 0.717) is 17.7 Å². The second-order valence-electron chi connectivity index (χ2n) is 4.83. The molecule has 2 rings (SSSR count). The van der Waals surface area contributed by atoms with Gasteiger partial charge in [-0.3, -0.25) is 0 Å². The summed E-state index contributed by atoms with van der Waals surface area (Å²) in [6.45, 7) is 0.454. The van der Waals surface area contributed by atoms with Gasteiger partial charge in [-0.15, -0.1) is 0 Å². The third-order valence-electron chi connectivity index (χ3n) is 3.54. The Morgan fingerprint density at radius 2 is 2.16 bits per heavy atom. The van der Waals surface area contributed by atoms with Crippen molar-refractivity contribution in [2.45, 2.75) is 44.5 Å². The number of anilines is 1. The first-order chi connectivity index (χ1) is 9.22. The summed E-state index contributed by atoms with van der Waals surface area (Å²) in [5, 5.41) is 3.65. The largest absolute Gasteiger partial charge is 0.381 e. The van der Waals surface area contributed by atoms with Gasteiger partial charge in [-0.2, -0.15) is 0 Å². The number of hydrogen-bond donors (Lipinski definition) is 1.